The molecule has 0 aromatic rings. The molecule has 0 radical (unpaired) electrons. The van der Waals surface area contributed by atoms with E-state index in [1.807, 2.05) is 6.92 Å². The normalized spacial score (nSPS) is 22.1. The summed E-state index contributed by atoms with van der Waals surface area (Å²) in [5.41, 5.74) is 0. The van der Waals surface area contributed by atoms with Crippen LogP contribution in [-0.4, -0.2) is 23.9 Å². The Morgan fingerprint density at radius 2 is 0.735 bits per heavy atom. The maximum Gasteiger partial charge on any atom is 0.317 e. The first-order valence-electron chi connectivity index (χ1n) is 21.4. The molecule has 2 heterocycles. The van der Waals surface area contributed by atoms with Crippen LogP contribution in [-0.2, 0) is 28.7 Å². The van der Waals surface area contributed by atoms with E-state index in [1.165, 1.54) is 122 Å². The van der Waals surface area contributed by atoms with Crippen LogP contribution in [0, 0.1) is 35.5 Å². The molecule has 0 aromatic heterocycles. The lowest BCUT2D eigenvalue weighted by molar-refractivity contribution is -0.156. The van der Waals surface area contributed by atoms with Gasteiger partial charge in [-0.05, 0) is 37.5 Å². The Labute approximate surface area is 301 Å². The summed E-state index contributed by atoms with van der Waals surface area (Å²) in [4.78, 5) is 51.9. The van der Waals surface area contributed by atoms with E-state index in [0.29, 0.717) is 12.8 Å². The van der Waals surface area contributed by atoms with Gasteiger partial charge < -0.3 is 9.47 Å². The highest BCUT2D eigenvalue weighted by Gasteiger charge is 2.52. The van der Waals surface area contributed by atoms with Gasteiger partial charge in [0.05, 0.1) is 23.7 Å². The molecule has 284 valence electrons. The summed E-state index contributed by atoms with van der Waals surface area (Å²) in [5.74, 6) is -3.77. The van der Waals surface area contributed by atoms with Crippen molar-refractivity contribution in [2.75, 3.05) is 0 Å². The Balaban J connectivity index is 1.87. The Morgan fingerprint density at radius 1 is 0.408 bits per heavy atom. The summed E-state index contributed by atoms with van der Waals surface area (Å²) in [6.07, 6.45) is 34.0. The van der Waals surface area contributed by atoms with E-state index in [1.54, 1.807) is 0 Å². The summed E-state index contributed by atoms with van der Waals surface area (Å²) < 4.78 is 10.4. The maximum atomic E-state index is 13.2. The molecule has 6 nitrogen and oxygen atoms in total. The van der Waals surface area contributed by atoms with Crippen molar-refractivity contribution in [1.82, 2.24) is 0 Å². The van der Waals surface area contributed by atoms with Crippen molar-refractivity contribution in [3.8, 4) is 0 Å². The van der Waals surface area contributed by atoms with Crippen LogP contribution in [0.1, 0.15) is 214 Å². The molecule has 6 unspecified atom stereocenters. The highest BCUT2D eigenvalue weighted by Crippen LogP contribution is 2.44. The largest absolute Gasteiger partial charge is 0.393 e. The minimum atomic E-state index is -0.543. The number of carbonyl (C=O) groups excluding carboxylic acids is 4. The van der Waals surface area contributed by atoms with Crippen molar-refractivity contribution in [3.63, 3.8) is 0 Å². The number of cyclic esters (lactones) is 4. The summed E-state index contributed by atoms with van der Waals surface area (Å²) in [5, 5.41) is 0. The molecule has 0 saturated carbocycles. The summed E-state index contributed by atoms with van der Waals surface area (Å²) in [6.45, 7) is 8.56. The van der Waals surface area contributed by atoms with Crippen LogP contribution in [0.15, 0.2) is 0 Å². The van der Waals surface area contributed by atoms with E-state index >= 15 is 0 Å². The zero-order valence-corrected chi connectivity index (χ0v) is 32.4. The van der Waals surface area contributed by atoms with Crippen molar-refractivity contribution >= 4 is 23.9 Å². The van der Waals surface area contributed by atoms with Crippen LogP contribution in [0.4, 0.5) is 0 Å². The first-order valence-corrected chi connectivity index (χ1v) is 21.4. The molecule has 2 saturated heterocycles. The summed E-state index contributed by atoms with van der Waals surface area (Å²) in [7, 11) is 0. The van der Waals surface area contributed by atoms with Crippen LogP contribution in [0.2, 0.25) is 0 Å². The van der Waals surface area contributed by atoms with E-state index < -0.39 is 41.6 Å². The molecule has 49 heavy (non-hydrogen) atoms. The van der Waals surface area contributed by atoms with Crippen molar-refractivity contribution in [3.05, 3.63) is 0 Å². The molecule has 2 aliphatic heterocycles. The number of unbranched alkanes of at least 4 members (excludes halogenated alkanes) is 22. The Bertz CT molecular complexity index is 914. The fraction of sp³-hybridized carbons (Fsp3) is 0.907. The predicted molar refractivity (Wildman–Crippen MR) is 200 cm³/mol. The second kappa shape index (κ2) is 27.0. The van der Waals surface area contributed by atoms with Gasteiger partial charge in [-0.15, -0.1) is 0 Å². The number of rotatable bonds is 32. The summed E-state index contributed by atoms with van der Waals surface area (Å²) >= 11 is 0. The monoisotopic (exact) mass is 689 g/mol. The number of esters is 4. The molecule has 0 bridgehead atoms. The molecule has 2 aliphatic rings. The van der Waals surface area contributed by atoms with E-state index in [-0.39, 0.29) is 17.8 Å². The van der Waals surface area contributed by atoms with Crippen LogP contribution in [0.25, 0.3) is 0 Å². The average Bonchev–Trinajstić information content (AvgIpc) is 3.54. The van der Waals surface area contributed by atoms with Crippen molar-refractivity contribution in [2.45, 2.75) is 214 Å². The zero-order valence-electron chi connectivity index (χ0n) is 32.4. The third-order valence-electron chi connectivity index (χ3n) is 11.8. The zero-order chi connectivity index (χ0) is 35.7. The second-order valence-corrected chi connectivity index (χ2v) is 15.7. The number of carbonyl (C=O) groups is 4. The Kier molecular flexibility index (Phi) is 23.9. The molecule has 0 aromatic carbocycles. The van der Waals surface area contributed by atoms with Gasteiger partial charge in [0.2, 0.25) is 0 Å². The van der Waals surface area contributed by atoms with Gasteiger partial charge in [0.1, 0.15) is 0 Å². The SMILES string of the molecule is CCCCCCCCCCCCCCC(CC1C(=O)OC(=O)C1C(CC)CCCCCCCCCCCCCC)C1C(=O)OC(=O)C1CC. The average molecular weight is 689 g/mol. The smallest absolute Gasteiger partial charge is 0.317 e. The lowest BCUT2D eigenvalue weighted by Crippen LogP contribution is -2.33. The molecule has 6 atom stereocenters. The van der Waals surface area contributed by atoms with Crippen LogP contribution >= 0.6 is 0 Å². The Morgan fingerprint density at radius 3 is 1.10 bits per heavy atom. The second-order valence-electron chi connectivity index (χ2n) is 15.7. The van der Waals surface area contributed by atoms with Crippen LogP contribution in [0.3, 0.4) is 0 Å². The van der Waals surface area contributed by atoms with Gasteiger partial charge in [-0.3, -0.25) is 19.2 Å². The highest BCUT2D eigenvalue weighted by atomic mass is 16.6. The van der Waals surface area contributed by atoms with Crippen LogP contribution < -0.4 is 0 Å². The molecule has 2 rings (SSSR count). The quantitative estimate of drug-likeness (QED) is 0.0397. The predicted octanol–water partition coefficient (Wildman–Crippen LogP) is 12.2. The summed E-state index contributed by atoms with van der Waals surface area (Å²) in [6, 6.07) is 0. The topological polar surface area (TPSA) is 86.7 Å². The molecule has 0 aliphatic carbocycles. The Hall–Kier alpha value is -1.72. The van der Waals surface area contributed by atoms with Gasteiger partial charge in [-0.1, -0.05) is 188 Å². The fourth-order valence-electron chi connectivity index (χ4n) is 8.72. The molecule has 0 N–H and O–H groups in total. The molecule has 0 amide bonds. The number of hydrogen-bond acceptors (Lipinski definition) is 6. The number of hydrogen-bond donors (Lipinski definition) is 0. The van der Waals surface area contributed by atoms with E-state index in [2.05, 4.69) is 20.8 Å². The molecular formula is C43H76O6. The van der Waals surface area contributed by atoms with Gasteiger partial charge in [0, 0.05) is 0 Å². The molecule has 0 spiro atoms. The standard InChI is InChI=1S/C43H76O6/c1-5-9-11-13-15-17-19-21-23-25-27-29-31-34(7-3)38-37(41(45)49-42(38)46)33-35(39-36(8-4)40(44)48-43(39)47)32-30-28-26-24-22-20-18-16-14-12-10-6-2/h34-39H,5-33H2,1-4H3. The van der Waals surface area contributed by atoms with E-state index in [0.717, 1.165) is 51.4 Å². The van der Waals surface area contributed by atoms with Gasteiger partial charge in [0.15, 0.2) is 0 Å². The lowest BCUT2D eigenvalue weighted by atomic mass is 9.70. The molecular weight excluding hydrogens is 612 g/mol. The minimum Gasteiger partial charge on any atom is -0.393 e. The molecule has 6 heteroatoms. The van der Waals surface area contributed by atoms with Crippen LogP contribution in [0.5, 0.6) is 0 Å². The third kappa shape index (κ3) is 16.4. The number of ether oxygens (including phenoxy) is 2. The van der Waals surface area contributed by atoms with E-state index in [4.69, 9.17) is 9.47 Å². The minimum absolute atomic E-state index is 0.0958. The molecule has 2 fully saturated rings. The fourth-order valence-corrected chi connectivity index (χ4v) is 8.72. The van der Waals surface area contributed by atoms with Gasteiger partial charge >= 0.3 is 23.9 Å². The lowest BCUT2D eigenvalue weighted by Gasteiger charge is -2.29. The van der Waals surface area contributed by atoms with Gasteiger partial charge in [0.25, 0.3) is 0 Å². The van der Waals surface area contributed by atoms with Gasteiger partial charge in [-0.2, -0.15) is 0 Å². The van der Waals surface area contributed by atoms with E-state index in [9.17, 15) is 19.2 Å². The van der Waals surface area contributed by atoms with Crippen molar-refractivity contribution < 1.29 is 28.7 Å². The maximum absolute atomic E-state index is 13.2. The van der Waals surface area contributed by atoms with Crippen molar-refractivity contribution in [1.29, 1.82) is 0 Å². The first-order chi connectivity index (χ1) is 23.9. The van der Waals surface area contributed by atoms with Gasteiger partial charge in [-0.25, -0.2) is 0 Å². The van der Waals surface area contributed by atoms with Crippen molar-refractivity contribution in [2.24, 2.45) is 35.5 Å². The first kappa shape index (κ1) is 43.4. The highest BCUT2D eigenvalue weighted by molar-refractivity contribution is 5.98. The third-order valence-corrected chi connectivity index (χ3v) is 11.8.